The lowest BCUT2D eigenvalue weighted by Crippen LogP contribution is -2.25. The van der Waals surface area contributed by atoms with Gasteiger partial charge in [0.15, 0.2) is 0 Å². The molecule has 0 saturated carbocycles. The number of hydrogen-bond acceptors (Lipinski definition) is 2. The molecule has 0 aromatic heterocycles. The van der Waals surface area contributed by atoms with Crippen LogP contribution in [0.1, 0.15) is 54.4 Å². The summed E-state index contributed by atoms with van der Waals surface area (Å²) in [6.07, 6.45) is 5.98. The Hall–Kier alpha value is -1.05. The van der Waals surface area contributed by atoms with Gasteiger partial charge in [0.25, 0.3) is 0 Å². The van der Waals surface area contributed by atoms with Gasteiger partial charge < -0.3 is 4.74 Å². The van der Waals surface area contributed by atoms with Crippen molar-refractivity contribution in [1.82, 2.24) is 0 Å². The standard InChI is InChI=1S/C14H24O2/c1-7-9-10-11(3)12(8-2)13(15)16-14(4,5)6/h8,10H,7,9H2,1-6H3/b11-10-,12-8+. The van der Waals surface area contributed by atoms with E-state index in [1.165, 1.54) is 0 Å². The van der Waals surface area contributed by atoms with Crippen LogP contribution in [-0.4, -0.2) is 11.6 Å². The predicted octanol–water partition coefficient (Wildman–Crippen LogP) is 4.02. The molecule has 0 fully saturated rings. The minimum absolute atomic E-state index is 0.236. The smallest absolute Gasteiger partial charge is 0.338 e. The highest BCUT2D eigenvalue weighted by atomic mass is 16.6. The third-order valence-electron chi connectivity index (χ3n) is 2.07. The maximum Gasteiger partial charge on any atom is 0.338 e. The van der Waals surface area contributed by atoms with Crippen LogP contribution in [0.3, 0.4) is 0 Å². The average Bonchev–Trinajstić information content (AvgIpc) is 2.12. The second-order valence-corrected chi connectivity index (χ2v) is 4.88. The van der Waals surface area contributed by atoms with E-state index in [1.807, 2.05) is 40.7 Å². The molecule has 0 saturated heterocycles. The highest BCUT2D eigenvalue weighted by Crippen LogP contribution is 2.17. The molecule has 0 amide bonds. The molecule has 0 atom stereocenters. The molecule has 16 heavy (non-hydrogen) atoms. The molecule has 0 radical (unpaired) electrons. The van der Waals surface area contributed by atoms with Gasteiger partial charge >= 0.3 is 5.97 Å². The fourth-order valence-electron chi connectivity index (χ4n) is 1.31. The molecule has 0 aliphatic carbocycles. The Bertz CT molecular complexity index is 290. The first-order chi connectivity index (χ1) is 7.31. The van der Waals surface area contributed by atoms with E-state index in [-0.39, 0.29) is 5.97 Å². The molecular weight excluding hydrogens is 200 g/mol. The first kappa shape index (κ1) is 14.9. The van der Waals surface area contributed by atoms with Gasteiger partial charge in [-0.1, -0.05) is 25.5 Å². The van der Waals surface area contributed by atoms with Crippen molar-refractivity contribution < 1.29 is 9.53 Å². The molecule has 0 rings (SSSR count). The molecule has 0 heterocycles. The molecular formula is C14H24O2. The van der Waals surface area contributed by atoms with E-state index in [2.05, 4.69) is 13.0 Å². The summed E-state index contributed by atoms with van der Waals surface area (Å²) in [7, 11) is 0. The minimum Gasteiger partial charge on any atom is -0.456 e. The Morgan fingerprint density at radius 2 is 1.88 bits per heavy atom. The van der Waals surface area contributed by atoms with Gasteiger partial charge in [-0.25, -0.2) is 4.79 Å². The Morgan fingerprint density at radius 1 is 1.31 bits per heavy atom. The van der Waals surface area contributed by atoms with Gasteiger partial charge in [-0.3, -0.25) is 0 Å². The number of hydrogen-bond donors (Lipinski definition) is 0. The third kappa shape index (κ3) is 5.74. The summed E-state index contributed by atoms with van der Waals surface area (Å²) in [5, 5.41) is 0. The molecule has 0 aliphatic rings. The number of allylic oxidation sites excluding steroid dienone is 2. The van der Waals surface area contributed by atoms with Crippen LogP contribution in [0.2, 0.25) is 0 Å². The maximum atomic E-state index is 11.9. The van der Waals surface area contributed by atoms with Gasteiger partial charge in [-0.05, 0) is 46.6 Å². The quantitative estimate of drug-likeness (QED) is 0.409. The summed E-state index contributed by atoms with van der Waals surface area (Å²) < 4.78 is 5.34. The van der Waals surface area contributed by atoms with E-state index < -0.39 is 5.60 Å². The normalized spacial score (nSPS) is 13.9. The van der Waals surface area contributed by atoms with Gasteiger partial charge in [0, 0.05) is 0 Å². The van der Waals surface area contributed by atoms with Crippen LogP contribution in [0.5, 0.6) is 0 Å². The lowest BCUT2D eigenvalue weighted by Gasteiger charge is -2.20. The van der Waals surface area contributed by atoms with Gasteiger partial charge in [-0.2, -0.15) is 0 Å². The number of carbonyl (C=O) groups is 1. The number of ether oxygens (including phenoxy) is 1. The summed E-state index contributed by atoms with van der Waals surface area (Å²) in [6.45, 7) is 11.6. The van der Waals surface area contributed by atoms with E-state index in [0.717, 1.165) is 18.4 Å². The third-order valence-corrected chi connectivity index (χ3v) is 2.07. The topological polar surface area (TPSA) is 26.3 Å². The number of rotatable bonds is 4. The molecule has 2 nitrogen and oxygen atoms in total. The molecule has 0 bridgehead atoms. The van der Waals surface area contributed by atoms with E-state index in [1.54, 1.807) is 0 Å². The SMILES string of the molecule is C/C=C(C(=O)OC(C)(C)C)\C(C)=C/CCC. The van der Waals surface area contributed by atoms with Crippen LogP contribution >= 0.6 is 0 Å². The van der Waals surface area contributed by atoms with Crippen molar-refractivity contribution in [1.29, 1.82) is 0 Å². The average molecular weight is 224 g/mol. The molecule has 0 unspecified atom stereocenters. The van der Waals surface area contributed by atoms with E-state index in [0.29, 0.717) is 5.57 Å². The van der Waals surface area contributed by atoms with Crippen LogP contribution in [-0.2, 0) is 9.53 Å². The Balaban J connectivity index is 4.70. The maximum absolute atomic E-state index is 11.9. The van der Waals surface area contributed by atoms with Crippen molar-refractivity contribution in [3.05, 3.63) is 23.3 Å². The summed E-state index contributed by atoms with van der Waals surface area (Å²) in [6, 6.07) is 0. The Morgan fingerprint density at radius 3 is 2.25 bits per heavy atom. The van der Waals surface area contributed by atoms with Crippen LogP contribution in [0.15, 0.2) is 23.3 Å². The van der Waals surface area contributed by atoms with Crippen LogP contribution in [0, 0.1) is 0 Å². The van der Waals surface area contributed by atoms with Crippen LogP contribution < -0.4 is 0 Å². The molecule has 0 N–H and O–H groups in total. The Labute approximate surface area is 99.4 Å². The lowest BCUT2D eigenvalue weighted by molar-refractivity contribution is -0.149. The highest BCUT2D eigenvalue weighted by Gasteiger charge is 2.19. The summed E-state index contributed by atoms with van der Waals surface area (Å²) in [4.78, 5) is 11.9. The zero-order chi connectivity index (χ0) is 12.8. The fraction of sp³-hybridized carbons (Fsp3) is 0.643. The zero-order valence-corrected chi connectivity index (χ0v) is 11.4. The lowest BCUT2D eigenvalue weighted by atomic mass is 10.1. The molecule has 92 valence electrons. The molecule has 0 aromatic carbocycles. The van der Waals surface area contributed by atoms with Crippen LogP contribution in [0.25, 0.3) is 0 Å². The highest BCUT2D eigenvalue weighted by molar-refractivity contribution is 5.93. The molecule has 2 heteroatoms. The van der Waals surface area contributed by atoms with Gasteiger partial charge in [0.1, 0.15) is 5.60 Å². The van der Waals surface area contributed by atoms with E-state index >= 15 is 0 Å². The summed E-state index contributed by atoms with van der Waals surface area (Å²) >= 11 is 0. The van der Waals surface area contributed by atoms with Crippen molar-refractivity contribution in [3.8, 4) is 0 Å². The second kappa shape index (κ2) is 6.51. The number of unbranched alkanes of at least 4 members (excludes halogenated alkanes) is 1. The van der Waals surface area contributed by atoms with Gasteiger partial charge in [-0.15, -0.1) is 0 Å². The summed E-state index contributed by atoms with van der Waals surface area (Å²) in [5.74, 6) is -0.236. The zero-order valence-electron chi connectivity index (χ0n) is 11.4. The van der Waals surface area contributed by atoms with Gasteiger partial charge in [0.2, 0.25) is 0 Å². The fourth-order valence-corrected chi connectivity index (χ4v) is 1.31. The second-order valence-electron chi connectivity index (χ2n) is 4.88. The van der Waals surface area contributed by atoms with E-state index in [4.69, 9.17) is 4.74 Å². The van der Waals surface area contributed by atoms with Crippen molar-refractivity contribution in [3.63, 3.8) is 0 Å². The van der Waals surface area contributed by atoms with E-state index in [9.17, 15) is 4.79 Å². The van der Waals surface area contributed by atoms with Crippen molar-refractivity contribution in [2.75, 3.05) is 0 Å². The monoisotopic (exact) mass is 224 g/mol. The molecule has 0 spiro atoms. The number of carbonyl (C=O) groups excluding carboxylic acids is 1. The Kier molecular flexibility index (Phi) is 6.09. The minimum atomic E-state index is -0.434. The first-order valence-electron chi connectivity index (χ1n) is 5.88. The van der Waals surface area contributed by atoms with Crippen molar-refractivity contribution >= 4 is 5.97 Å². The number of esters is 1. The largest absolute Gasteiger partial charge is 0.456 e. The predicted molar refractivity (Wildman–Crippen MR) is 68.3 cm³/mol. The summed E-state index contributed by atoms with van der Waals surface area (Å²) in [5.41, 5.74) is 1.23. The van der Waals surface area contributed by atoms with Gasteiger partial charge in [0.05, 0.1) is 5.57 Å². The van der Waals surface area contributed by atoms with Crippen LogP contribution in [0.4, 0.5) is 0 Å². The molecule has 0 aromatic rings. The van der Waals surface area contributed by atoms with Crippen molar-refractivity contribution in [2.45, 2.75) is 60.0 Å². The first-order valence-corrected chi connectivity index (χ1v) is 5.88. The van der Waals surface area contributed by atoms with Crippen molar-refractivity contribution in [2.24, 2.45) is 0 Å². The molecule has 0 aliphatic heterocycles.